The van der Waals surface area contributed by atoms with Crippen LogP contribution in [0.15, 0.2) is 0 Å². The zero-order chi connectivity index (χ0) is 16.2. The number of carbonyl (C=O) groups excluding carboxylic acids is 1. The maximum atomic E-state index is 12.4. The molecule has 5 heteroatoms. The second-order valence-electron chi connectivity index (χ2n) is 7.60. The maximum absolute atomic E-state index is 12.4. The average molecular weight is 311 g/mol. The molecule has 1 amide bonds. The first-order valence-corrected chi connectivity index (χ1v) is 8.47. The highest BCUT2D eigenvalue weighted by molar-refractivity contribution is 5.79. The van der Waals surface area contributed by atoms with Gasteiger partial charge in [0.1, 0.15) is 0 Å². The molecule has 1 saturated heterocycles. The van der Waals surface area contributed by atoms with E-state index in [9.17, 15) is 14.7 Å². The first-order valence-electron chi connectivity index (χ1n) is 8.47. The quantitative estimate of drug-likeness (QED) is 0.818. The van der Waals surface area contributed by atoms with Gasteiger partial charge in [-0.1, -0.05) is 20.3 Å². The fourth-order valence-electron chi connectivity index (χ4n) is 3.85. The second-order valence-corrected chi connectivity index (χ2v) is 7.60. The largest absolute Gasteiger partial charge is 0.481 e. The monoisotopic (exact) mass is 311 g/mol. The highest BCUT2D eigenvalue weighted by Crippen LogP contribution is 2.38. The van der Waals surface area contributed by atoms with E-state index >= 15 is 0 Å². The number of hydrogen-bond acceptors (Lipinski definition) is 3. The van der Waals surface area contributed by atoms with Crippen molar-refractivity contribution in [3.63, 3.8) is 0 Å². The number of rotatable bonds is 5. The summed E-state index contributed by atoms with van der Waals surface area (Å²) in [6.07, 6.45) is 5.59. The van der Waals surface area contributed by atoms with Crippen molar-refractivity contribution in [1.82, 2.24) is 5.32 Å². The summed E-state index contributed by atoms with van der Waals surface area (Å²) in [5.41, 5.74) is 0.215. The molecule has 0 radical (unpaired) electrons. The Labute approximate surface area is 132 Å². The summed E-state index contributed by atoms with van der Waals surface area (Å²) >= 11 is 0. The lowest BCUT2D eigenvalue weighted by molar-refractivity contribution is -0.145. The Kier molecular flexibility index (Phi) is 5.84. The van der Waals surface area contributed by atoms with E-state index in [1.54, 1.807) is 0 Å². The van der Waals surface area contributed by atoms with Gasteiger partial charge in [0.15, 0.2) is 0 Å². The predicted molar refractivity (Wildman–Crippen MR) is 83.4 cm³/mol. The molecule has 0 aromatic rings. The molecule has 0 bridgehead atoms. The van der Waals surface area contributed by atoms with Crippen LogP contribution < -0.4 is 5.32 Å². The molecule has 0 aromatic carbocycles. The Morgan fingerprint density at radius 1 is 1.27 bits per heavy atom. The molecule has 2 aliphatic rings. The maximum Gasteiger partial charge on any atom is 0.308 e. The van der Waals surface area contributed by atoms with Crippen LogP contribution >= 0.6 is 0 Å². The van der Waals surface area contributed by atoms with Crippen LogP contribution in [-0.4, -0.2) is 36.7 Å². The van der Waals surface area contributed by atoms with Crippen molar-refractivity contribution in [2.45, 2.75) is 52.4 Å². The van der Waals surface area contributed by atoms with Crippen LogP contribution in [0.25, 0.3) is 0 Å². The molecule has 22 heavy (non-hydrogen) atoms. The Balaban J connectivity index is 1.86. The molecule has 2 rings (SSSR count). The number of carbonyl (C=O) groups is 2. The van der Waals surface area contributed by atoms with Gasteiger partial charge in [0.2, 0.25) is 5.91 Å². The Morgan fingerprint density at radius 3 is 2.55 bits per heavy atom. The lowest BCUT2D eigenvalue weighted by Gasteiger charge is -2.35. The number of amides is 1. The fraction of sp³-hybridized carbons (Fsp3) is 0.882. The third kappa shape index (κ3) is 4.70. The van der Waals surface area contributed by atoms with E-state index < -0.39 is 11.9 Å². The van der Waals surface area contributed by atoms with E-state index in [2.05, 4.69) is 19.2 Å². The SMILES string of the molecule is CC1(C)CCCC(C(=O)NCC(C(=O)O)C2CCOCC2)C1. The summed E-state index contributed by atoms with van der Waals surface area (Å²) < 4.78 is 5.29. The van der Waals surface area contributed by atoms with Crippen molar-refractivity contribution in [2.24, 2.45) is 23.2 Å². The van der Waals surface area contributed by atoms with Crippen LogP contribution in [0.2, 0.25) is 0 Å². The van der Waals surface area contributed by atoms with Crippen LogP contribution in [0.5, 0.6) is 0 Å². The summed E-state index contributed by atoms with van der Waals surface area (Å²) in [6, 6.07) is 0. The van der Waals surface area contributed by atoms with E-state index in [0.29, 0.717) is 13.2 Å². The van der Waals surface area contributed by atoms with Crippen molar-refractivity contribution in [3.05, 3.63) is 0 Å². The smallest absolute Gasteiger partial charge is 0.308 e. The van der Waals surface area contributed by atoms with Crippen LogP contribution in [-0.2, 0) is 14.3 Å². The highest BCUT2D eigenvalue weighted by atomic mass is 16.5. The topological polar surface area (TPSA) is 75.6 Å². The van der Waals surface area contributed by atoms with Crippen LogP contribution in [0.3, 0.4) is 0 Å². The van der Waals surface area contributed by atoms with Gasteiger partial charge in [-0.3, -0.25) is 9.59 Å². The minimum absolute atomic E-state index is 0.0334. The summed E-state index contributed by atoms with van der Waals surface area (Å²) in [5, 5.41) is 12.3. The van der Waals surface area contributed by atoms with Crippen molar-refractivity contribution in [3.8, 4) is 0 Å². The number of aliphatic carboxylic acids is 1. The predicted octanol–water partition coefficient (Wildman–Crippen LogP) is 2.45. The molecule has 2 N–H and O–H groups in total. The summed E-state index contributed by atoms with van der Waals surface area (Å²) in [5.74, 6) is -1.13. The number of nitrogens with one attached hydrogen (secondary N) is 1. The molecule has 126 valence electrons. The van der Waals surface area contributed by atoms with Gasteiger partial charge in [-0.05, 0) is 43.4 Å². The third-order valence-corrected chi connectivity index (χ3v) is 5.22. The van der Waals surface area contributed by atoms with E-state index in [4.69, 9.17) is 4.74 Å². The molecule has 2 atom stereocenters. The first-order chi connectivity index (χ1) is 10.4. The molecule has 2 fully saturated rings. The molecule has 0 spiro atoms. The lowest BCUT2D eigenvalue weighted by Crippen LogP contribution is -2.42. The minimum atomic E-state index is -0.809. The minimum Gasteiger partial charge on any atom is -0.481 e. The molecule has 0 aromatic heterocycles. The van der Waals surface area contributed by atoms with Gasteiger partial charge in [-0.25, -0.2) is 0 Å². The Hall–Kier alpha value is -1.10. The van der Waals surface area contributed by atoms with Gasteiger partial charge in [0, 0.05) is 25.7 Å². The summed E-state index contributed by atoms with van der Waals surface area (Å²) in [6.45, 7) is 5.90. The van der Waals surface area contributed by atoms with E-state index in [0.717, 1.165) is 38.5 Å². The summed E-state index contributed by atoms with van der Waals surface area (Å²) in [4.78, 5) is 23.9. The van der Waals surface area contributed by atoms with E-state index in [1.165, 1.54) is 0 Å². The average Bonchev–Trinajstić information content (AvgIpc) is 2.47. The van der Waals surface area contributed by atoms with Crippen molar-refractivity contribution >= 4 is 11.9 Å². The molecular weight excluding hydrogens is 282 g/mol. The molecule has 1 aliphatic heterocycles. The zero-order valence-corrected chi connectivity index (χ0v) is 13.8. The van der Waals surface area contributed by atoms with Crippen molar-refractivity contribution in [2.75, 3.05) is 19.8 Å². The lowest BCUT2D eigenvalue weighted by atomic mass is 9.72. The van der Waals surface area contributed by atoms with Crippen LogP contribution in [0.1, 0.15) is 52.4 Å². The van der Waals surface area contributed by atoms with Crippen LogP contribution in [0, 0.1) is 23.2 Å². The van der Waals surface area contributed by atoms with Gasteiger partial charge in [-0.15, -0.1) is 0 Å². The molecule has 2 unspecified atom stereocenters. The Morgan fingerprint density at radius 2 is 1.95 bits per heavy atom. The van der Waals surface area contributed by atoms with Gasteiger partial charge < -0.3 is 15.2 Å². The molecule has 5 nitrogen and oxygen atoms in total. The number of carboxylic acids is 1. The Bertz CT molecular complexity index is 401. The highest BCUT2D eigenvalue weighted by Gasteiger charge is 2.34. The summed E-state index contributed by atoms with van der Waals surface area (Å²) in [7, 11) is 0. The zero-order valence-electron chi connectivity index (χ0n) is 13.8. The number of carboxylic acid groups (broad SMARTS) is 1. The number of ether oxygens (including phenoxy) is 1. The van der Waals surface area contributed by atoms with Gasteiger partial charge in [0.25, 0.3) is 0 Å². The molecule has 1 heterocycles. The fourth-order valence-corrected chi connectivity index (χ4v) is 3.85. The first kappa shape index (κ1) is 17.3. The van der Waals surface area contributed by atoms with Crippen molar-refractivity contribution in [1.29, 1.82) is 0 Å². The normalized spacial score (nSPS) is 27.1. The van der Waals surface area contributed by atoms with Crippen LogP contribution in [0.4, 0.5) is 0 Å². The standard InChI is InChI=1S/C17H29NO4/c1-17(2)7-3-4-13(10-17)15(19)18-11-14(16(20)21)12-5-8-22-9-6-12/h12-14H,3-11H2,1-2H3,(H,18,19)(H,20,21). The molecular formula is C17H29NO4. The molecule has 1 saturated carbocycles. The van der Waals surface area contributed by atoms with E-state index in [-0.39, 0.29) is 29.7 Å². The van der Waals surface area contributed by atoms with Gasteiger partial charge in [0.05, 0.1) is 5.92 Å². The second kappa shape index (κ2) is 7.44. The number of hydrogen-bond donors (Lipinski definition) is 2. The third-order valence-electron chi connectivity index (χ3n) is 5.22. The van der Waals surface area contributed by atoms with Gasteiger partial charge in [-0.2, -0.15) is 0 Å². The van der Waals surface area contributed by atoms with Crippen molar-refractivity contribution < 1.29 is 19.4 Å². The van der Waals surface area contributed by atoms with Gasteiger partial charge >= 0.3 is 5.97 Å². The van der Waals surface area contributed by atoms with E-state index in [1.807, 2.05) is 0 Å². The molecule has 1 aliphatic carbocycles.